The minimum atomic E-state index is -0.671. The highest BCUT2D eigenvalue weighted by Gasteiger charge is 2.27. The molecule has 0 saturated heterocycles. The third-order valence-electron chi connectivity index (χ3n) is 5.64. The number of benzene rings is 3. The highest BCUT2D eigenvalue weighted by atomic mass is 16.5. The highest BCUT2D eigenvalue weighted by molar-refractivity contribution is 6.10. The van der Waals surface area contributed by atoms with Gasteiger partial charge in [-0.25, -0.2) is 0 Å². The van der Waals surface area contributed by atoms with Crippen molar-refractivity contribution >= 4 is 22.5 Å². The largest absolute Gasteiger partial charge is 0.506 e. The first kappa shape index (κ1) is 22.7. The lowest BCUT2D eigenvalue weighted by atomic mass is 10.1. The van der Waals surface area contributed by atoms with Gasteiger partial charge in [0.1, 0.15) is 17.1 Å². The van der Waals surface area contributed by atoms with Crippen LogP contribution in [0.5, 0.6) is 23.0 Å². The summed E-state index contributed by atoms with van der Waals surface area (Å²) in [4.78, 5) is 28.5. The highest BCUT2D eigenvalue weighted by Crippen LogP contribution is 2.38. The fourth-order valence-corrected chi connectivity index (χ4v) is 3.82. The van der Waals surface area contributed by atoms with E-state index in [2.05, 4.69) is 0 Å². The van der Waals surface area contributed by atoms with Crippen molar-refractivity contribution in [3.63, 3.8) is 0 Å². The molecule has 0 saturated carbocycles. The van der Waals surface area contributed by atoms with Gasteiger partial charge in [0.2, 0.25) is 0 Å². The summed E-state index contributed by atoms with van der Waals surface area (Å²) >= 11 is 0. The molecule has 1 aromatic heterocycles. The zero-order valence-electron chi connectivity index (χ0n) is 19.2. The third kappa shape index (κ3) is 3.79. The number of amides is 1. The number of aromatic hydroxyl groups is 1. The first-order valence-electron chi connectivity index (χ1n) is 10.4. The lowest BCUT2D eigenvalue weighted by Gasteiger charge is -2.21. The second-order valence-corrected chi connectivity index (χ2v) is 7.49. The van der Waals surface area contributed by atoms with Crippen LogP contribution in [0.15, 0.2) is 71.5 Å². The lowest BCUT2D eigenvalue weighted by molar-refractivity contribution is 0.0989. The van der Waals surface area contributed by atoms with Crippen LogP contribution >= 0.6 is 0 Å². The first-order valence-corrected chi connectivity index (χ1v) is 10.4. The van der Waals surface area contributed by atoms with Gasteiger partial charge in [-0.3, -0.25) is 14.2 Å². The molecule has 0 fully saturated rings. The molecule has 0 unspecified atom stereocenters. The Morgan fingerprint density at radius 3 is 2.09 bits per heavy atom. The van der Waals surface area contributed by atoms with Crippen LogP contribution in [0.2, 0.25) is 0 Å². The second kappa shape index (κ2) is 9.19. The molecule has 0 atom stereocenters. The Morgan fingerprint density at radius 2 is 1.50 bits per heavy atom. The molecular weight excluding hydrogens is 436 g/mol. The smallest absolute Gasteiger partial charge is 0.272 e. The van der Waals surface area contributed by atoms with E-state index in [0.29, 0.717) is 34.1 Å². The molecule has 34 heavy (non-hydrogen) atoms. The van der Waals surface area contributed by atoms with Gasteiger partial charge in [-0.1, -0.05) is 18.2 Å². The first-order chi connectivity index (χ1) is 16.4. The van der Waals surface area contributed by atoms with Crippen molar-refractivity contribution in [3.8, 4) is 28.7 Å². The minimum Gasteiger partial charge on any atom is -0.506 e. The van der Waals surface area contributed by atoms with E-state index in [1.807, 2.05) is 6.07 Å². The van der Waals surface area contributed by atoms with Crippen molar-refractivity contribution in [1.82, 2.24) is 4.57 Å². The number of hydrogen-bond acceptors (Lipinski definition) is 6. The van der Waals surface area contributed by atoms with Gasteiger partial charge in [0, 0.05) is 29.9 Å². The minimum absolute atomic E-state index is 0.262. The van der Waals surface area contributed by atoms with Gasteiger partial charge in [-0.2, -0.15) is 0 Å². The molecule has 1 heterocycles. The normalized spacial score (nSPS) is 10.7. The van der Waals surface area contributed by atoms with E-state index < -0.39 is 17.2 Å². The topological polar surface area (TPSA) is 90.2 Å². The molecule has 4 rings (SSSR count). The number of pyridine rings is 1. The van der Waals surface area contributed by atoms with E-state index in [1.165, 1.54) is 23.7 Å². The molecule has 3 aromatic carbocycles. The van der Waals surface area contributed by atoms with E-state index in [4.69, 9.17) is 14.2 Å². The van der Waals surface area contributed by atoms with E-state index in [0.717, 1.165) is 0 Å². The number of fused-ring (bicyclic) bond motifs is 1. The van der Waals surface area contributed by atoms with Crippen molar-refractivity contribution in [2.24, 2.45) is 0 Å². The Bertz CT molecular complexity index is 1410. The van der Waals surface area contributed by atoms with Gasteiger partial charge < -0.3 is 24.2 Å². The third-order valence-corrected chi connectivity index (χ3v) is 5.64. The number of rotatable bonds is 6. The molecular formula is C26H24N2O6. The molecule has 0 bridgehead atoms. The summed E-state index contributed by atoms with van der Waals surface area (Å²) in [7, 11) is 6.04. The molecule has 8 nitrogen and oxygen atoms in total. The Labute approximate surface area is 196 Å². The number of nitrogens with zero attached hydrogens (tertiary/aromatic N) is 2. The molecule has 4 aromatic rings. The van der Waals surface area contributed by atoms with Crippen molar-refractivity contribution in [2.45, 2.75) is 0 Å². The fourth-order valence-electron chi connectivity index (χ4n) is 3.82. The molecule has 0 spiro atoms. The molecule has 0 aliphatic rings. The summed E-state index contributed by atoms with van der Waals surface area (Å²) in [5, 5.41) is 11.4. The maximum absolute atomic E-state index is 13.7. The van der Waals surface area contributed by atoms with E-state index in [-0.39, 0.29) is 10.9 Å². The summed E-state index contributed by atoms with van der Waals surface area (Å²) < 4.78 is 17.4. The monoisotopic (exact) mass is 460 g/mol. The van der Waals surface area contributed by atoms with Gasteiger partial charge >= 0.3 is 0 Å². The van der Waals surface area contributed by atoms with Gasteiger partial charge in [-0.15, -0.1) is 0 Å². The summed E-state index contributed by atoms with van der Waals surface area (Å²) in [5.74, 6) is 0.252. The zero-order chi connectivity index (χ0) is 24.4. The van der Waals surface area contributed by atoms with E-state index in [1.54, 1.807) is 74.8 Å². The Kier molecular flexibility index (Phi) is 6.14. The van der Waals surface area contributed by atoms with Crippen LogP contribution in [0.3, 0.4) is 0 Å². The summed E-state index contributed by atoms with van der Waals surface area (Å²) in [6.45, 7) is 0. The van der Waals surface area contributed by atoms with Crippen LogP contribution in [0, 0.1) is 0 Å². The maximum atomic E-state index is 13.7. The quantitative estimate of drug-likeness (QED) is 0.468. The fraction of sp³-hybridized carbons (Fsp3) is 0.154. The summed E-state index contributed by atoms with van der Waals surface area (Å²) in [6, 6.07) is 18.8. The number of carbonyl (C=O) groups is 1. The van der Waals surface area contributed by atoms with E-state index in [9.17, 15) is 14.7 Å². The second-order valence-electron chi connectivity index (χ2n) is 7.49. The van der Waals surface area contributed by atoms with Crippen LogP contribution in [0.25, 0.3) is 16.6 Å². The Hall–Kier alpha value is -4.46. The predicted molar refractivity (Wildman–Crippen MR) is 130 cm³/mol. The van der Waals surface area contributed by atoms with Gasteiger partial charge in [-0.05, 0) is 42.5 Å². The Balaban J connectivity index is 2.05. The lowest BCUT2D eigenvalue weighted by Crippen LogP contribution is -2.34. The number of ether oxygens (including phenoxy) is 3. The zero-order valence-corrected chi connectivity index (χ0v) is 19.2. The van der Waals surface area contributed by atoms with Gasteiger partial charge in [0.15, 0.2) is 11.5 Å². The van der Waals surface area contributed by atoms with Crippen LogP contribution in [0.1, 0.15) is 10.4 Å². The average Bonchev–Trinajstić information content (AvgIpc) is 2.88. The Morgan fingerprint density at radius 1 is 0.882 bits per heavy atom. The van der Waals surface area contributed by atoms with Crippen molar-refractivity contribution in [1.29, 1.82) is 0 Å². The molecule has 1 N–H and O–H groups in total. The van der Waals surface area contributed by atoms with Gasteiger partial charge in [0.25, 0.3) is 11.5 Å². The number of para-hydroxylation sites is 1. The van der Waals surface area contributed by atoms with Crippen LogP contribution in [-0.4, -0.2) is 44.0 Å². The van der Waals surface area contributed by atoms with Crippen LogP contribution in [-0.2, 0) is 0 Å². The summed E-state index contributed by atoms with van der Waals surface area (Å²) in [5.41, 5.74) is 0.385. The standard InChI is InChI=1S/C26H24N2O6/c1-27(16-8-6-5-7-9-16)25(30)23-24(29)19-14-21(33-3)22(34-4)15-20(19)28(26(23)31)17-10-12-18(32-2)13-11-17/h5-15,29H,1-4H3. The van der Waals surface area contributed by atoms with Crippen molar-refractivity contribution in [3.05, 3.63) is 82.6 Å². The SMILES string of the molecule is COc1ccc(-n2c(=O)c(C(=O)N(C)c3ccccc3)c(O)c3cc(OC)c(OC)cc32)cc1. The molecule has 0 radical (unpaired) electrons. The number of carbonyl (C=O) groups excluding carboxylic acids is 1. The summed E-state index contributed by atoms with van der Waals surface area (Å²) in [6.07, 6.45) is 0. The number of aromatic nitrogens is 1. The van der Waals surface area contributed by atoms with Crippen molar-refractivity contribution in [2.75, 3.05) is 33.3 Å². The molecule has 174 valence electrons. The number of methoxy groups -OCH3 is 3. The van der Waals surface area contributed by atoms with Gasteiger partial charge in [0.05, 0.1) is 26.8 Å². The number of anilines is 1. The maximum Gasteiger partial charge on any atom is 0.272 e. The van der Waals surface area contributed by atoms with Crippen molar-refractivity contribution < 1.29 is 24.1 Å². The molecule has 1 amide bonds. The van der Waals surface area contributed by atoms with Crippen LogP contribution in [0.4, 0.5) is 5.69 Å². The molecule has 0 aliphatic carbocycles. The molecule has 0 aliphatic heterocycles. The average molecular weight is 460 g/mol. The predicted octanol–water partition coefficient (Wildman–Crippen LogP) is 4.00. The molecule has 8 heteroatoms. The number of hydrogen-bond donors (Lipinski definition) is 1. The van der Waals surface area contributed by atoms with E-state index >= 15 is 0 Å². The van der Waals surface area contributed by atoms with Crippen LogP contribution < -0.4 is 24.7 Å².